The smallest absolute Gasteiger partial charge is 0.0998 e. The van der Waals surface area contributed by atoms with Gasteiger partial charge in [0.2, 0.25) is 0 Å². The maximum Gasteiger partial charge on any atom is 0.0998 e. The summed E-state index contributed by atoms with van der Waals surface area (Å²) in [7, 11) is 0. The predicted octanol–water partition coefficient (Wildman–Crippen LogP) is 10.8. The molecule has 0 radical (unpaired) electrons. The molecule has 0 spiro atoms. The zero-order valence-corrected chi connectivity index (χ0v) is 28.0. The zero-order chi connectivity index (χ0) is 34.6. The van der Waals surface area contributed by atoms with Crippen LogP contribution in [0.3, 0.4) is 0 Å². The standard InChI is InChI=1S/C46H31N5/c1-29-9-8-13-39-37-11-3-6-15-43(37)50(46(29)39)35-19-18-32(28-49)40(25-35)34-22-31(27-48)21-33(24-34)36-10-2-5-14-42(36)51-44-16-7-4-12-38(44)41-23-30(26-47)17-20-45(41)51/h2-8,10-25,29,38,44H,9H2,1H3. The summed E-state index contributed by atoms with van der Waals surface area (Å²) in [5.41, 5.74) is 13.0. The van der Waals surface area contributed by atoms with Crippen molar-refractivity contribution in [3.05, 3.63) is 167 Å². The van der Waals surface area contributed by atoms with Gasteiger partial charge in [0.1, 0.15) is 0 Å². The molecule has 0 amide bonds. The summed E-state index contributed by atoms with van der Waals surface area (Å²) >= 11 is 0. The summed E-state index contributed by atoms with van der Waals surface area (Å²) in [5, 5.41) is 31.6. The van der Waals surface area contributed by atoms with Gasteiger partial charge >= 0.3 is 0 Å². The van der Waals surface area contributed by atoms with Gasteiger partial charge in [-0.1, -0.05) is 79.8 Å². The lowest BCUT2D eigenvalue weighted by Gasteiger charge is -2.30. The third-order valence-electron chi connectivity index (χ3n) is 10.6. The van der Waals surface area contributed by atoms with Crippen molar-refractivity contribution in [2.75, 3.05) is 4.90 Å². The molecule has 240 valence electrons. The molecule has 2 heterocycles. The van der Waals surface area contributed by atoms with Gasteiger partial charge in [-0.05, 0) is 89.8 Å². The van der Waals surface area contributed by atoms with E-state index in [1.54, 1.807) is 0 Å². The summed E-state index contributed by atoms with van der Waals surface area (Å²) in [6, 6.07) is 41.9. The molecule has 5 nitrogen and oxygen atoms in total. The Labute approximate surface area is 297 Å². The molecule has 5 heteroatoms. The van der Waals surface area contributed by atoms with Gasteiger partial charge in [0, 0.05) is 56.7 Å². The first-order chi connectivity index (χ1) is 25.1. The molecule has 1 aliphatic heterocycles. The minimum absolute atomic E-state index is 0.0418. The lowest BCUT2D eigenvalue weighted by atomic mass is 9.90. The lowest BCUT2D eigenvalue weighted by molar-refractivity contribution is 0.723. The molecule has 3 atom stereocenters. The van der Waals surface area contributed by atoms with Crippen LogP contribution in [-0.2, 0) is 0 Å². The first-order valence-corrected chi connectivity index (χ1v) is 17.3. The maximum absolute atomic E-state index is 10.4. The molecule has 3 aliphatic rings. The van der Waals surface area contributed by atoms with Gasteiger partial charge in [-0.2, -0.15) is 15.8 Å². The number of nitriles is 3. The van der Waals surface area contributed by atoms with Crippen LogP contribution in [0.1, 0.15) is 58.7 Å². The monoisotopic (exact) mass is 653 g/mol. The van der Waals surface area contributed by atoms with E-state index in [1.807, 2.05) is 54.6 Å². The Kier molecular flexibility index (Phi) is 7.06. The quantitative estimate of drug-likeness (QED) is 0.190. The van der Waals surface area contributed by atoms with Crippen LogP contribution in [0.25, 0.3) is 44.9 Å². The van der Waals surface area contributed by atoms with Gasteiger partial charge in [-0.3, -0.25) is 0 Å². The molecular weight excluding hydrogens is 623 g/mol. The van der Waals surface area contributed by atoms with E-state index in [9.17, 15) is 15.8 Å². The number of nitrogens with zero attached hydrogens (tertiary/aromatic N) is 5. The van der Waals surface area contributed by atoms with Gasteiger partial charge in [0.05, 0.1) is 46.5 Å². The minimum atomic E-state index is 0.0418. The number of benzene rings is 5. The minimum Gasteiger partial charge on any atom is -0.333 e. The van der Waals surface area contributed by atoms with E-state index in [4.69, 9.17) is 0 Å². The Morgan fingerprint density at radius 2 is 1.47 bits per heavy atom. The molecule has 3 unspecified atom stereocenters. The number of para-hydroxylation sites is 2. The van der Waals surface area contributed by atoms with E-state index in [2.05, 4.69) is 120 Å². The number of hydrogen-bond donors (Lipinski definition) is 0. The van der Waals surface area contributed by atoms with Crippen molar-refractivity contribution in [2.24, 2.45) is 0 Å². The Morgan fingerprint density at radius 3 is 2.31 bits per heavy atom. The average molecular weight is 654 g/mol. The number of fused-ring (bicyclic) bond motifs is 6. The first-order valence-electron chi connectivity index (χ1n) is 17.3. The first kappa shape index (κ1) is 30.2. The van der Waals surface area contributed by atoms with Crippen LogP contribution < -0.4 is 4.90 Å². The molecule has 0 fully saturated rings. The molecule has 2 aliphatic carbocycles. The number of aromatic nitrogens is 1. The summed E-state index contributed by atoms with van der Waals surface area (Å²) < 4.78 is 2.35. The topological polar surface area (TPSA) is 79.5 Å². The number of allylic oxidation sites excluding steroid dienone is 3. The molecule has 0 saturated carbocycles. The highest BCUT2D eigenvalue weighted by molar-refractivity contribution is 5.94. The highest BCUT2D eigenvalue weighted by Gasteiger charge is 2.38. The Bertz CT molecular complexity index is 2650. The molecule has 5 aromatic carbocycles. The van der Waals surface area contributed by atoms with Crippen molar-refractivity contribution < 1.29 is 0 Å². The lowest BCUT2D eigenvalue weighted by Crippen LogP contribution is -2.28. The van der Waals surface area contributed by atoms with Crippen molar-refractivity contribution in [1.29, 1.82) is 15.8 Å². The largest absolute Gasteiger partial charge is 0.333 e. The number of anilines is 2. The molecular formula is C46H31N5. The van der Waals surface area contributed by atoms with E-state index < -0.39 is 0 Å². The van der Waals surface area contributed by atoms with Gasteiger partial charge in [-0.15, -0.1) is 0 Å². The van der Waals surface area contributed by atoms with Gasteiger partial charge < -0.3 is 9.47 Å². The second-order valence-electron chi connectivity index (χ2n) is 13.5. The number of rotatable bonds is 4. The van der Waals surface area contributed by atoms with Gasteiger partial charge in [0.15, 0.2) is 0 Å². The van der Waals surface area contributed by atoms with E-state index in [0.717, 1.165) is 56.8 Å². The zero-order valence-electron chi connectivity index (χ0n) is 28.0. The summed E-state index contributed by atoms with van der Waals surface area (Å²) in [6.45, 7) is 2.27. The second-order valence-corrected chi connectivity index (χ2v) is 13.5. The summed E-state index contributed by atoms with van der Waals surface area (Å²) in [5.74, 6) is 0.444. The Balaban J connectivity index is 1.22. The van der Waals surface area contributed by atoms with Crippen molar-refractivity contribution in [2.45, 2.75) is 31.2 Å². The Hall–Kier alpha value is -6.87. The van der Waals surface area contributed by atoms with Crippen LogP contribution in [0, 0.1) is 34.0 Å². The van der Waals surface area contributed by atoms with Crippen LogP contribution >= 0.6 is 0 Å². The summed E-state index contributed by atoms with van der Waals surface area (Å²) in [4.78, 5) is 2.35. The van der Waals surface area contributed by atoms with E-state index >= 15 is 0 Å². The second kappa shape index (κ2) is 11.9. The molecule has 0 saturated heterocycles. The van der Waals surface area contributed by atoms with Crippen LogP contribution in [-0.4, -0.2) is 10.6 Å². The van der Waals surface area contributed by atoms with Crippen molar-refractivity contribution in [3.63, 3.8) is 0 Å². The Morgan fingerprint density at radius 1 is 0.686 bits per heavy atom. The van der Waals surface area contributed by atoms with Crippen LogP contribution in [0.15, 0.2) is 134 Å². The normalized spacial score (nSPS) is 18.1. The molecule has 51 heavy (non-hydrogen) atoms. The van der Waals surface area contributed by atoms with Crippen LogP contribution in [0.4, 0.5) is 11.4 Å². The number of hydrogen-bond acceptors (Lipinski definition) is 4. The van der Waals surface area contributed by atoms with Crippen molar-refractivity contribution in [3.8, 4) is 46.1 Å². The molecule has 0 bridgehead atoms. The fourth-order valence-electron chi connectivity index (χ4n) is 8.36. The van der Waals surface area contributed by atoms with Crippen LogP contribution in [0.2, 0.25) is 0 Å². The van der Waals surface area contributed by atoms with Crippen LogP contribution in [0.5, 0.6) is 0 Å². The average Bonchev–Trinajstić information content (AvgIpc) is 3.71. The molecule has 0 N–H and O–H groups in total. The molecule has 9 rings (SSSR count). The SMILES string of the molecule is CC1CC=Cc2c1n(-c1ccc(C#N)c(-c3cc(C#N)cc(-c4ccccc4N4c5ccc(C#N)cc5C5C=CC=CC54)c3)c1)c1ccccc21. The van der Waals surface area contributed by atoms with E-state index in [0.29, 0.717) is 22.6 Å². The molecule has 6 aromatic rings. The van der Waals surface area contributed by atoms with Crippen molar-refractivity contribution in [1.82, 2.24) is 4.57 Å². The predicted molar refractivity (Wildman–Crippen MR) is 204 cm³/mol. The summed E-state index contributed by atoms with van der Waals surface area (Å²) in [6.07, 6.45) is 14.0. The van der Waals surface area contributed by atoms with E-state index in [-0.39, 0.29) is 12.0 Å². The fourth-order valence-corrected chi connectivity index (χ4v) is 8.36. The maximum atomic E-state index is 10.4. The molecule has 1 aromatic heterocycles. The third-order valence-corrected chi connectivity index (χ3v) is 10.6. The third kappa shape index (κ3) is 4.74. The highest BCUT2D eigenvalue weighted by Crippen LogP contribution is 2.50. The van der Waals surface area contributed by atoms with Gasteiger partial charge in [-0.25, -0.2) is 0 Å². The highest BCUT2D eigenvalue weighted by atomic mass is 15.2. The van der Waals surface area contributed by atoms with Crippen molar-refractivity contribution >= 4 is 28.4 Å². The fraction of sp³-hybridized carbons (Fsp3) is 0.109. The van der Waals surface area contributed by atoms with Gasteiger partial charge in [0.25, 0.3) is 0 Å². The van der Waals surface area contributed by atoms with E-state index in [1.165, 1.54) is 16.6 Å².